The van der Waals surface area contributed by atoms with Crippen LogP contribution in [-0.2, 0) is 0 Å². The molecule has 1 rings (SSSR count). The molecular formula is C10H16N2. The van der Waals surface area contributed by atoms with E-state index in [1.54, 1.807) is 0 Å². The normalized spacial score (nSPS) is 13.5. The lowest BCUT2D eigenvalue weighted by atomic mass is 10.1. The first kappa shape index (κ1) is 9.04. The molecule has 12 heavy (non-hydrogen) atoms. The average molecular weight is 164 g/mol. The van der Waals surface area contributed by atoms with Crippen LogP contribution in [0.1, 0.15) is 33.4 Å². The average Bonchev–Trinajstić information content (AvgIpc) is 2.32. The molecule has 0 bridgehead atoms. The molecule has 0 aliphatic carbocycles. The summed E-state index contributed by atoms with van der Waals surface area (Å²) >= 11 is 0. The van der Waals surface area contributed by atoms with Crippen LogP contribution in [0.2, 0.25) is 0 Å². The van der Waals surface area contributed by atoms with Gasteiger partial charge in [-0.2, -0.15) is 0 Å². The molecule has 1 aromatic rings. The Bertz CT molecular complexity index is 263. The summed E-state index contributed by atoms with van der Waals surface area (Å²) in [6, 6.07) is 4.02. The summed E-state index contributed by atoms with van der Waals surface area (Å²) in [6.45, 7) is 8.31. The van der Waals surface area contributed by atoms with Gasteiger partial charge in [0.25, 0.3) is 0 Å². The van der Waals surface area contributed by atoms with Crippen molar-refractivity contribution in [3.63, 3.8) is 0 Å². The molecule has 0 aromatic carbocycles. The van der Waals surface area contributed by atoms with E-state index in [1.807, 2.05) is 25.3 Å². The van der Waals surface area contributed by atoms with E-state index < -0.39 is 0 Å². The minimum absolute atomic E-state index is 0.00912. The molecule has 0 unspecified atom stereocenters. The van der Waals surface area contributed by atoms with Crippen molar-refractivity contribution in [3.05, 3.63) is 24.0 Å². The van der Waals surface area contributed by atoms with E-state index in [-0.39, 0.29) is 5.54 Å². The van der Waals surface area contributed by atoms with E-state index >= 15 is 0 Å². The first-order valence-electron chi connectivity index (χ1n) is 4.19. The molecule has 66 valence electrons. The van der Waals surface area contributed by atoms with E-state index in [4.69, 9.17) is 0 Å². The number of aromatic amines is 1. The number of aromatic nitrogens is 1. The zero-order chi connectivity index (χ0) is 9.19. The molecule has 0 amide bonds. The second kappa shape index (κ2) is 3.13. The quantitative estimate of drug-likeness (QED) is 0.618. The van der Waals surface area contributed by atoms with Crippen LogP contribution >= 0.6 is 0 Å². The van der Waals surface area contributed by atoms with Crippen LogP contribution in [0.15, 0.2) is 23.3 Å². The maximum atomic E-state index is 4.54. The molecule has 0 aliphatic rings. The molecule has 2 heteroatoms. The smallest absolute Gasteiger partial charge is 0.0591 e. The number of hydrogen-bond donors (Lipinski definition) is 1. The molecule has 0 atom stereocenters. The lowest BCUT2D eigenvalue weighted by Crippen LogP contribution is -2.13. The summed E-state index contributed by atoms with van der Waals surface area (Å²) in [4.78, 5) is 7.67. The Hall–Kier alpha value is -1.05. The second-order valence-corrected chi connectivity index (χ2v) is 3.95. The van der Waals surface area contributed by atoms with Crippen molar-refractivity contribution in [2.24, 2.45) is 4.99 Å². The molecule has 1 heterocycles. The van der Waals surface area contributed by atoms with Gasteiger partial charge in [0.1, 0.15) is 0 Å². The van der Waals surface area contributed by atoms with E-state index in [2.05, 4.69) is 30.7 Å². The van der Waals surface area contributed by atoms with Gasteiger partial charge in [-0.05, 0) is 39.8 Å². The van der Waals surface area contributed by atoms with Gasteiger partial charge in [0.15, 0.2) is 0 Å². The molecule has 0 saturated heterocycles. The Morgan fingerprint density at radius 1 is 1.42 bits per heavy atom. The van der Waals surface area contributed by atoms with Gasteiger partial charge in [-0.3, -0.25) is 4.99 Å². The Morgan fingerprint density at radius 3 is 2.50 bits per heavy atom. The van der Waals surface area contributed by atoms with E-state index in [0.717, 1.165) is 11.4 Å². The van der Waals surface area contributed by atoms with Crippen molar-refractivity contribution in [1.29, 1.82) is 0 Å². The second-order valence-electron chi connectivity index (χ2n) is 3.95. The third kappa shape index (κ3) is 2.53. The fourth-order valence-corrected chi connectivity index (χ4v) is 1.12. The zero-order valence-corrected chi connectivity index (χ0v) is 8.18. The van der Waals surface area contributed by atoms with Crippen molar-refractivity contribution >= 4 is 5.71 Å². The van der Waals surface area contributed by atoms with Gasteiger partial charge < -0.3 is 4.98 Å². The molecule has 0 spiro atoms. The maximum absolute atomic E-state index is 4.54. The number of hydrogen-bond acceptors (Lipinski definition) is 1. The molecule has 1 aromatic heterocycles. The molecule has 0 radical (unpaired) electrons. The monoisotopic (exact) mass is 164 g/mol. The van der Waals surface area contributed by atoms with Crippen molar-refractivity contribution in [1.82, 2.24) is 4.98 Å². The zero-order valence-electron chi connectivity index (χ0n) is 8.18. The summed E-state index contributed by atoms with van der Waals surface area (Å²) in [5, 5.41) is 0. The van der Waals surface area contributed by atoms with Crippen molar-refractivity contribution in [3.8, 4) is 0 Å². The molecule has 1 N–H and O–H groups in total. The Morgan fingerprint density at radius 2 is 2.08 bits per heavy atom. The number of aliphatic imine (C=N–C) groups is 1. The SMILES string of the molecule is CC(=NC(C)(C)C)c1ccc[nH]1. The molecule has 0 fully saturated rings. The number of nitrogens with one attached hydrogen (secondary N) is 1. The Kier molecular flexibility index (Phi) is 2.36. The Labute approximate surface area is 73.7 Å². The third-order valence-electron chi connectivity index (χ3n) is 1.49. The fraction of sp³-hybridized carbons (Fsp3) is 0.500. The van der Waals surface area contributed by atoms with Gasteiger partial charge >= 0.3 is 0 Å². The van der Waals surface area contributed by atoms with Gasteiger partial charge in [0.2, 0.25) is 0 Å². The number of rotatable bonds is 1. The summed E-state index contributed by atoms with van der Waals surface area (Å²) in [5.74, 6) is 0. The summed E-state index contributed by atoms with van der Waals surface area (Å²) in [6.07, 6.45) is 1.91. The van der Waals surface area contributed by atoms with Crippen LogP contribution in [0.3, 0.4) is 0 Å². The first-order chi connectivity index (χ1) is 5.49. The van der Waals surface area contributed by atoms with Gasteiger partial charge in [-0.1, -0.05) is 0 Å². The largest absolute Gasteiger partial charge is 0.360 e. The predicted octanol–water partition coefficient (Wildman–Crippen LogP) is 2.62. The van der Waals surface area contributed by atoms with Crippen molar-refractivity contribution in [2.75, 3.05) is 0 Å². The highest BCUT2D eigenvalue weighted by atomic mass is 14.9. The van der Waals surface area contributed by atoms with Crippen LogP contribution in [0, 0.1) is 0 Å². The molecule has 0 aliphatic heterocycles. The van der Waals surface area contributed by atoms with Crippen LogP contribution in [0.4, 0.5) is 0 Å². The van der Waals surface area contributed by atoms with Gasteiger partial charge in [0.05, 0.1) is 16.9 Å². The summed E-state index contributed by atoms with van der Waals surface area (Å²) < 4.78 is 0. The van der Waals surface area contributed by atoms with Crippen LogP contribution in [-0.4, -0.2) is 16.2 Å². The number of H-pyrrole nitrogens is 1. The van der Waals surface area contributed by atoms with Gasteiger partial charge in [0, 0.05) is 6.20 Å². The molecular weight excluding hydrogens is 148 g/mol. The number of nitrogens with zero attached hydrogens (tertiary/aromatic N) is 1. The maximum Gasteiger partial charge on any atom is 0.0591 e. The molecule has 2 nitrogen and oxygen atoms in total. The highest BCUT2D eigenvalue weighted by Crippen LogP contribution is 2.09. The van der Waals surface area contributed by atoms with Crippen LogP contribution in [0.25, 0.3) is 0 Å². The highest BCUT2D eigenvalue weighted by molar-refractivity contribution is 5.97. The van der Waals surface area contributed by atoms with Crippen LogP contribution in [0.5, 0.6) is 0 Å². The first-order valence-corrected chi connectivity index (χ1v) is 4.19. The summed E-state index contributed by atoms with van der Waals surface area (Å²) in [7, 11) is 0. The van der Waals surface area contributed by atoms with E-state index in [9.17, 15) is 0 Å². The van der Waals surface area contributed by atoms with Crippen molar-refractivity contribution in [2.45, 2.75) is 33.2 Å². The van der Waals surface area contributed by atoms with Gasteiger partial charge in [-0.25, -0.2) is 0 Å². The topological polar surface area (TPSA) is 28.1 Å². The van der Waals surface area contributed by atoms with Crippen molar-refractivity contribution < 1.29 is 0 Å². The lowest BCUT2D eigenvalue weighted by Gasteiger charge is -2.13. The highest BCUT2D eigenvalue weighted by Gasteiger charge is 2.08. The minimum atomic E-state index is 0.00912. The minimum Gasteiger partial charge on any atom is -0.360 e. The van der Waals surface area contributed by atoms with E-state index in [1.165, 1.54) is 0 Å². The third-order valence-corrected chi connectivity index (χ3v) is 1.49. The van der Waals surface area contributed by atoms with Gasteiger partial charge in [-0.15, -0.1) is 0 Å². The standard InChI is InChI=1S/C10H16N2/c1-8(12-10(2,3)4)9-6-5-7-11-9/h5-7,11H,1-4H3. The predicted molar refractivity (Wildman–Crippen MR) is 52.8 cm³/mol. The summed E-state index contributed by atoms with van der Waals surface area (Å²) in [5.41, 5.74) is 2.17. The van der Waals surface area contributed by atoms with Crippen LogP contribution < -0.4 is 0 Å². The molecule has 0 saturated carbocycles. The fourth-order valence-electron chi connectivity index (χ4n) is 1.12. The lowest BCUT2D eigenvalue weighted by molar-refractivity contribution is 0.583. The Balaban J connectivity index is 2.85. The van der Waals surface area contributed by atoms with E-state index in [0.29, 0.717) is 0 Å².